The van der Waals surface area contributed by atoms with Crippen LogP contribution >= 0.6 is 0 Å². The number of fused-ring (bicyclic) bond motifs is 1. The zero-order valence-corrected chi connectivity index (χ0v) is 20.5. The largest absolute Gasteiger partial charge is 0.434 e. The van der Waals surface area contributed by atoms with Crippen LogP contribution in [0.15, 0.2) is 48.8 Å². The van der Waals surface area contributed by atoms with Gasteiger partial charge in [0.25, 0.3) is 0 Å². The van der Waals surface area contributed by atoms with Crippen LogP contribution in [0.1, 0.15) is 31.1 Å². The number of piperazine rings is 1. The summed E-state index contributed by atoms with van der Waals surface area (Å²) in [6, 6.07) is 15.4. The fourth-order valence-electron chi connectivity index (χ4n) is 4.70. The van der Waals surface area contributed by atoms with Crippen molar-refractivity contribution in [3.05, 3.63) is 65.9 Å². The van der Waals surface area contributed by atoms with Gasteiger partial charge in [-0.25, -0.2) is 14.4 Å². The van der Waals surface area contributed by atoms with Crippen LogP contribution in [0.4, 0.5) is 21.6 Å². The Labute approximate surface area is 209 Å². The van der Waals surface area contributed by atoms with E-state index < -0.39 is 5.82 Å². The molecule has 0 spiro atoms. The number of rotatable bonds is 6. The zero-order valence-electron chi connectivity index (χ0n) is 20.5. The maximum Gasteiger partial charge on any atom is 0.242 e. The summed E-state index contributed by atoms with van der Waals surface area (Å²) >= 11 is 0. The first-order valence-corrected chi connectivity index (χ1v) is 12.0. The fraction of sp³-hybridized carbons (Fsp3) is 0.296. The number of nitrogens with zero attached hydrogens (tertiary/aromatic N) is 5. The van der Waals surface area contributed by atoms with Gasteiger partial charge in [0.2, 0.25) is 5.88 Å². The highest BCUT2D eigenvalue weighted by Crippen LogP contribution is 2.35. The first kappa shape index (κ1) is 23.6. The Hall–Kier alpha value is -4.16. The van der Waals surface area contributed by atoms with Crippen LogP contribution in [0.2, 0.25) is 0 Å². The molecule has 1 fully saturated rings. The second-order valence-electron chi connectivity index (χ2n) is 9.09. The predicted octanol–water partition coefficient (Wildman–Crippen LogP) is 5.28. The Morgan fingerprint density at radius 3 is 2.56 bits per heavy atom. The van der Waals surface area contributed by atoms with E-state index in [4.69, 9.17) is 4.74 Å². The van der Waals surface area contributed by atoms with Gasteiger partial charge in [-0.3, -0.25) is 0 Å². The third-order valence-electron chi connectivity index (χ3n) is 6.37. The highest BCUT2D eigenvalue weighted by molar-refractivity contribution is 5.84. The van der Waals surface area contributed by atoms with Crippen LogP contribution in [0, 0.1) is 24.1 Å². The number of halogens is 1. The van der Waals surface area contributed by atoms with Crippen molar-refractivity contribution in [1.82, 2.24) is 19.9 Å². The summed E-state index contributed by atoms with van der Waals surface area (Å²) in [6.45, 7) is 9.92. The smallest absolute Gasteiger partial charge is 0.242 e. The molecular weight excluding hydrogens is 457 g/mol. The molecular formula is C27H28FN7O. The number of nitriles is 1. The molecule has 1 saturated heterocycles. The van der Waals surface area contributed by atoms with Crippen molar-refractivity contribution < 1.29 is 9.13 Å². The fourth-order valence-corrected chi connectivity index (χ4v) is 4.70. The number of aromatic nitrogens is 3. The standard InChI is InChI=1S/C27H28FN7O/c1-17(2)35-18(3)14-21-23(35)8-9-24(25(21)28)36-27-22(15-29)26(31-16-32-27)33-19-4-6-20(7-5-19)34-12-10-30-11-13-34/h4-9,14,16-17,30H,10-13H2,1-3H3,(H,31,32,33). The van der Waals surface area contributed by atoms with Crippen LogP contribution in [0.5, 0.6) is 11.6 Å². The third-order valence-corrected chi connectivity index (χ3v) is 6.37. The number of ether oxygens (including phenoxy) is 1. The van der Waals surface area contributed by atoms with Gasteiger partial charge in [0.05, 0.1) is 5.52 Å². The summed E-state index contributed by atoms with van der Waals surface area (Å²) < 4.78 is 23.3. The topological polar surface area (TPSA) is 91.0 Å². The number of nitrogens with one attached hydrogen (secondary N) is 2. The van der Waals surface area contributed by atoms with Crippen molar-refractivity contribution >= 4 is 28.1 Å². The lowest BCUT2D eigenvalue weighted by atomic mass is 10.2. The predicted molar refractivity (Wildman–Crippen MR) is 139 cm³/mol. The molecule has 184 valence electrons. The molecule has 3 heterocycles. The van der Waals surface area contributed by atoms with E-state index in [0.717, 1.165) is 48.8 Å². The lowest BCUT2D eigenvalue weighted by Gasteiger charge is -2.29. The maximum absolute atomic E-state index is 15.4. The van der Waals surface area contributed by atoms with E-state index in [1.165, 1.54) is 6.33 Å². The molecule has 0 atom stereocenters. The lowest BCUT2D eigenvalue weighted by molar-refractivity contribution is 0.428. The molecule has 0 amide bonds. The Bertz CT molecular complexity index is 1430. The Morgan fingerprint density at radius 1 is 1.11 bits per heavy atom. The number of hydrogen-bond donors (Lipinski definition) is 2. The second kappa shape index (κ2) is 9.84. The molecule has 9 heteroatoms. The van der Waals surface area contributed by atoms with Crippen LogP contribution in [0.3, 0.4) is 0 Å². The average molecular weight is 486 g/mol. The molecule has 36 heavy (non-hydrogen) atoms. The van der Waals surface area contributed by atoms with Crippen molar-refractivity contribution in [2.75, 3.05) is 36.4 Å². The Balaban J connectivity index is 1.40. The molecule has 0 unspecified atom stereocenters. The van der Waals surface area contributed by atoms with E-state index in [2.05, 4.69) is 50.0 Å². The van der Waals surface area contributed by atoms with Crippen molar-refractivity contribution in [3.63, 3.8) is 0 Å². The maximum atomic E-state index is 15.4. The van der Waals surface area contributed by atoms with Gasteiger partial charge < -0.3 is 24.8 Å². The summed E-state index contributed by atoms with van der Waals surface area (Å²) in [6.07, 6.45) is 1.30. The minimum Gasteiger partial charge on any atom is -0.434 e. The highest BCUT2D eigenvalue weighted by Gasteiger charge is 2.19. The SMILES string of the molecule is Cc1cc2c(F)c(Oc3ncnc(Nc4ccc(N5CCNCC5)cc4)c3C#N)ccc2n1C(C)C. The van der Waals surface area contributed by atoms with Crippen LogP contribution in [-0.2, 0) is 0 Å². The third kappa shape index (κ3) is 4.43. The summed E-state index contributed by atoms with van der Waals surface area (Å²) in [4.78, 5) is 10.7. The minimum atomic E-state index is -0.490. The summed E-state index contributed by atoms with van der Waals surface area (Å²) in [7, 11) is 0. The molecule has 0 saturated carbocycles. The van der Waals surface area contributed by atoms with E-state index in [-0.39, 0.29) is 23.2 Å². The second-order valence-corrected chi connectivity index (χ2v) is 9.09. The first-order chi connectivity index (χ1) is 17.5. The lowest BCUT2D eigenvalue weighted by Crippen LogP contribution is -2.43. The highest BCUT2D eigenvalue weighted by atomic mass is 19.1. The van der Waals surface area contributed by atoms with Gasteiger partial charge in [0, 0.05) is 54.7 Å². The van der Waals surface area contributed by atoms with Gasteiger partial charge in [0.1, 0.15) is 12.4 Å². The minimum absolute atomic E-state index is 0.00457. The Morgan fingerprint density at radius 2 is 1.86 bits per heavy atom. The van der Waals surface area contributed by atoms with Crippen molar-refractivity contribution in [3.8, 4) is 17.7 Å². The van der Waals surface area contributed by atoms with Crippen LogP contribution in [-0.4, -0.2) is 40.7 Å². The zero-order chi connectivity index (χ0) is 25.2. The van der Waals surface area contributed by atoms with E-state index >= 15 is 4.39 Å². The van der Waals surface area contributed by atoms with Crippen molar-refractivity contribution in [2.45, 2.75) is 26.8 Å². The summed E-state index contributed by atoms with van der Waals surface area (Å²) in [5.74, 6) is -0.202. The molecule has 2 aromatic carbocycles. The molecule has 0 bridgehead atoms. The molecule has 8 nitrogen and oxygen atoms in total. The van der Waals surface area contributed by atoms with Gasteiger partial charge in [0.15, 0.2) is 22.9 Å². The normalized spacial score (nSPS) is 13.7. The summed E-state index contributed by atoms with van der Waals surface area (Å²) in [5.41, 5.74) is 3.77. The van der Waals surface area contributed by atoms with Gasteiger partial charge in [-0.2, -0.15) is 5.26 Å². The van der Waals surface area contributed by atoms with Gasteiger partial charge >= 0.3 is 0 Å². The summed E-state index contributed by atoms with van der Waals surface area (Å²) in [5, 5.41) is 16.8. The van der Waals surface area contributed by atoms with Crippen molar-refractivity contribution in [1.29, 1.82) is 5.26 Å². The van der Waals surface area contributed by atoms with E-state index in [0.29, 0.717) is 11.2 Å². The number of benzene rings is 2. The Kier molecular flexibility index (Phi) is 6.44. The van der Waals surface area contributed by atoms with Gasteiger partial charge in [-0.05, 0) is 63.2 Å². The van der Waals surface area contributed by atoms with E-state index in [1.54, 1.807) is 12.1 Å². The van der Waals surface area contributed by atoms with Crippen LogP contribution < -0.4 is 20.3 Å². The van der Waals surface area contributed by atoms with E-state index in [1.807, 2.05) is 37.3 Å². The molecule has 0 radical (unpaired) electrons. The number of hydrogen-bond acceptors (Lipinski definition) is 7. The monoisotopic (exact) mass is 485 g/mol. The van der Waals surface area contributed by atoms with E-state index in [9.17, 15) is 5.26 Å². The van der Waals surface area contributed by atoms with Crippen LogP contribution in [0.25, 0.3) is 10.9 Å². The van der Waals surface area contributed by atoms with Gasteiger partial charge in [-0.1, -0.05) is 0 Å². The number of anilines is 3. The molecule has 0 aliphatic carbocycles. The number of aryl methyl sites for hydroxylation is 1. The first-order valence-electron chi connectivity index (χ1n) is 12.0. The molecule has 2 N–H and O–H groups in total. The molecule has 1 aliphatic rings. The quantitative estimate of drug-likeness (QED) is 0.384. The molecule has 5 rings (SSSR count). The molecule has 2 aromatic heterocycles. The molecule has 4 aromatic rings. The van der Waals surface area contributed by atoms with Crippen molar-refractivity contribution in [2.24, 2.45) is 0 Å². The van der Waals surface area contributed by atoms with Gasteiger partial charge in [-0.15, -0.1) is 0 Å². The average Bonchev–Trinajstić information content (AvgIpc) is 3.24. The molecule has 1 aliphatic heterocycles.